The highest BCUT2D eigenvalue weighted by Crippen LogP contribution is 2.05. The highest BCUT2D eigenvalue weighted by atomic mass is 16.4. The van der Waals surface area contributed by atoms with Gasteiger partial charge >= 0.3 is 5.97 Å². The van der Waals surface area contributed by atoms with Gasteiger partial charge in [0.2, 0.25) is 5.91 Å². The molecule has 1 rings (SSSR count). The predicted octanol–water partition coefficient (Wildman–Crippen LogP) is 0.570. The number of carbonyl (C=O) groups excluding carboxylic acids is 1. The summed E-state index contributed by atoms with van der Waals surface area (Å²) in [5.74, 6) is -1.83. The Bertz CT molecular complexity index is 468. The maximum atomic E-state index is 11.4. The van der Waals surface area contributed by atoms with E-state index in [1.165, 1.54) is 6.08 Å². The molecule has 5 heteroatoms. The van der Waals surface area contributed by atoms with Gasteiger partial charge in [-0.25, -0.2) is 4.79 Å². The van der Waals surface area contributed by atoms with Gasteiger partial charge in [0, 0.05) is 6.08 Å². The summed E-state index contributed by atoms with van der Waals surface area (Å²) in [4.78, 5) is 22.0. The second-order valence-corrected chi connectivity index (χ2v) is 3.83. The van der Waals surface area contributed by atoms with Crippen molar-refractivity contribution in [1.82, 2.24) is 5.32 Å². The van der Waals surface area contributed by atoms with E-state index < -0.39 is 24.5 Å². The highest BCUT2D eigenvalue weighted by Gasteiger charge is 2.16. The Morgan fingerprint density at radius 3 is 2.72 bits per heavy atom. The lowest BCUT2D eigenvalue weighted by Crippen LogP contribution is -2.42. The molecule has 0 aliphatic heterocycles. The van der Waals surface area contributed by atoms with E-state index in [0.29, 0.717) is 0 Å². The van der Waals surface area contributed by atoms with Crippen LogP contribution >= 0.6 is 0 Å². The van der Waals surface area contributed by atoms with E-state index in [9.17, 15) is 9.59 Å². The Labute approximate surface area is 105 Å². The maximum Gasteiger partial charge on any atom is 0.328 e. The van der Waals surface area contributed by atoms with E-state index in [1.807, 2.05) is 31.2 Å². The lowest BCUT2D eigenvalue weighted by Gasteiger charge is -2.09. The molecule has 1 aromatic rings. The summed E-state index contributed by atoms with van der Waals surface area (Å²) in [5, 5.41) is 19.6. The number of carboxylic acid groups (broad SMARTS) is 1. The van der Waals surface area contributed by atoms with E-state index in [1.54, 1.807) is 6.08 Å². The molecule has 18 heavy (non-hydrogen) atoms. The molecule has 0 aromatic heterocycles. The molecular weight excluding hydrogens is 234 g/mol. The van der Waals surface area contributed by atoms with Crippen LogP contribution < -0.4 is 5.32 Å². The minimum absolute atomic E-state index is 0.557. The third-order valence-electron chi connectivity index (χ3n) is 2.27. The smallest absolute Gasteiger partial charge is 0.328 e. The number of hydrogen-bond acceptors (Lipinski definition) is 3. The Morgan fingerprint density at radius 2 is 2.17 bits per heavy atom. The molecule has 96 valence electrons. The maximum absolute atomic E-state index is 11.4. The van der Waals surface area contributed by atoms with Gasteiger partial charge in [0.1, 0.15) is 0 Å². The number of carbonyl (C=O) groups is 2. The average molecular weight is 249 g/mol. The minimum atomic E-state index is -1.28. The third-order valence-corrected chi connectivity index (χ3v) is 2.27. The van der Waals surface area contributed by atoms with Gasteiger partial charge in [0.25, 0.3) is 0 Å². The number of aryl methyl sites for hydroxylation is 1. The van der Waals surface area contributed by atoms with Crippen molar-refractivity contribution in [2.45, 2.75) is 13.0 Å². The summed E-state index contributed by atoms with van der Waals surface area (Å²) in [6.07, 6.45) is 2.82. The van der Waals surface area contributed by atoms with Crippen LogP contribution in [-0.4, -0.2) is 34.7 Å². The Hall–Kier alpha value is -2.14. The molecule has 1 atom stereocenters. The molecule has 1 aromatic carbocycles. The van der Waals surface area contributed by atoms with Crippen molar-refractivity contribution in [3.63, 3.8) is 0 Å². The van der Waals surface area contributed by atoms with Crippen LogP contribution in [0.1, 0.15) is 11.1 Å². The number of aliphatic carboxylic acids is 1. The molecule has 0 aliphatic carbocycles. The zero-order valence-electron chi connectivity index (χ0n) is 9.96. The number of carboxylic acids is 1. The lowest BCUT2D eigenvalue weighted by atomic mass is 10.1. The van der Waals surface area contributed by atoms with Gasteiger partial charge in [0.15, 0.2) is 6.04 Å². The van der Waals surface area contributed by atoms with Crippen LogP contribution in [-0.2, 0) is 9.59 Å². The first-order chi connectivity index (χ1) is 8.52. The second kappa shape index (κ2) is 6.56. The average Bonchev–Trinajstić information content (AvgIpc) is 2.33. The SMILES string of the molecule is Cc1cccc(/C=C/C(=O)N[C@H](CO)C(=O)O)c1. The fourth-order valence-corrected chi connectivity index (χ4v) is 1.35. The molecule has 0 bridgehead atoms. The largest absolute Gasteiger partial charge is 0.480 e. The van der Waals surface area contributed by atoms with E-state index in [-0.39, 0.29) is 0 Å². The van der Waals surface area contributed by atoms with E-state index in [2.05, 4.69) is 5.32 Å². The first kappa shape index (κ1) is 13.9. The molecule has 5 nitrogen and oxygen atoms in total. The van der Waals surface area contributed by atoms with Crippen molar-refractivity contribution in [2.24, 2.45) is 0 Å². The molecule has 0 saturated heterocycles. The van der Waals surface area contributed by atoms with Crippen LogP contribution in [0.3, 0.4) is 0 Å². The van der Waals surface area contributed by atoms with Crippen molar-refractivity contribution in [3.05, 3.63) is 41.5 Å². The lowest BCUT2D eigenvalue weighted by molar-refractivity contribution is -0.142. The van der Waals surface area contributed by atoms with Crippen LogP contribution in [0.5, 0.6) is 0 Å². The Balaban J connectivity index is 2.62. The Kier molecular flexibility index (Phi) is 5.07. The Morgan fingerprint density at radius 1 is 1.44 bits per heavy atom. The van der Waals surface area contributed by atoms with Crippen molar-refractivity contribution in [3.8, 4) is 0 Å². The van der Waals surface area contributed by atoms with Gasteiger partial charge in [-0.2, -0.15) is 0 Å². The van der Waals surface area contributed by atoms with Gasteiger partial charge in [-0.15, -0.1) is 0 Å². The number of benzene rings is 1. The van der Waals surface area contributed by atoms with Crippen LogP contribution in [0.15, 0.2) is 30.3 Å². The van der Waals surface area contributed by atoms with Crippen LogP contribution in [0, 0.1) is 6.92 Å². The zero-order valence-corrected chi connectivity index (χ0v) is 9.96. The summed E-state index contributed by atoms with van der Waals surface area (Å²) >= 11 is 0. The molecule has 0 aliphatic rings. The molecular formula is C13H15NO4. The number of aliphatic hydroxyl groups excluding tert-OH is 1. The standard InChI is InChI=1S/C13H15NO4/c1-9-3-2-4-10(7-9)5-6-12(16)14-11(8-15)13(17)18/h2-7,11,15H,8H2,1H3,(H,14,16)(H,17,18)/b6-5+/t11-/m1/s1. The van der Waals surface area contributed by atoms with Gasteiger partial charge in [0.05, 0.1) is 6.61 Å². The van der Waals surface area contributed by atoms with Crippen molar-refractivity contribution in [1.29, 1.82) is 0 Å². The summed E-state index contributed by atoms with van der Waals surface area (Å²) in [6.45, 7) is 1.29. The molecule has 0 saturated carbocycles. The minimum Gasteiger partial charge on any atom is -0.480 e. The summed E-state index contributed by atoms with van der Waals surface area (Å²) < 4.78 is 0. The van der Waals surface area contributed by atoms with E-state index in [4.69, 9.17) is 10.2 Å². The first-order valence-corrected chi connectivity index (χ1v) is 5.42. The predicted molar refractivity (Wildman–Crippen MR) is 66.9 cm³/mol. The monoisotopic (exact) mass is 249 g/mol. The first-order valence-electron chi connectivity index (χ1n) is 5.42. The van der Waals surface area contributed by atoms with Crippen molar-refractivity contribution < 1.29 is 19.8 Å². The molecule has 0 heterocycles. The van der Waals surface area contributed by atoms with Gasteiger partial charge < -0.3 is 15.5 Å². The van der Waals surface area contributed by atoms with Crippen molar-refractivity contribution in [2.75, 3.05) is 6.61 Å². The third kappa shape index (κ3) is 4.39. The molecule has 0 spiro atoms. The number of nitrogens with one attached hydrogen (secondary N) is 1. The molecule has 3 N–H and O–H groups in total. The second-order valence-electron chi connectivity index (χ2n) is 3.83. The van der Waals surface area contributed by atoms with Crippen LogP contribution in [0.25, 0.3) is 6.08 Å². The van der Waals surface area contributed by atoms with Crippen LogP contribution in [0.4, 0.5) is 0 Å². The number of aliphatic hydroxyl groups is 1. The quantitative estimate of drug-likeness (QED) is 0.666. The topological polar surface area (TPSA) is 86.6 Å². The van der Waals surface area contributed by atoms with Gasteiger partial charge in [-0.1, -0.05) is 29.8 Å². The number of amides is 1. The fraction of sp³-hybridized carbons (Fsp3) is 0.231. The van der Waals surface area contributed by atoms with Crippen LogP contribution in [0.2, 0.25) is 0 Å². The van der Waals surface area contributed by atoms with Gasteiger partial charge in [-0.3, -0.25) is 4.79 Å². The molecule has 0 fully saturated rings. The molecule has 0 radical (unpaired) electrons. The number of hydrogen-bond donors (Lipinski definition) is 3. The van der Waals surface area contributed by atoms with Crippen molar-refractivity contribution >= 4 is 18.0 Å². The summed E-state index contributed by atoms with van der Waals surface area (Å²) in [6, 6.07) is 6.24. The molecule has 1 amide bonds. The summed E-state index contributed by atoms with van der Waals surface area (Å²) in [5.41, 5.74) is 1.91. The summed E-state index contributed by atoms with van der Waals surface area (Å²) in [7, 11) is 0. The normalized spacial score (nSPS) is 12.3. The van der Waals surface area contributed by atoms with Gasteiger partial charge in [-0.05, 0) is 18.6 Å². The van der Waals surface area contributed by atoms with E-state index >= 15 is 0 Å². The highest BCUT2D eigenvalue weighted by molar-refractivity contribution is 5.94. The fourth-order valence-electron chi connectivity index (χ4n) is 1.35. The molecule has 0 unspecified atom stereocenters. The zero-order chi connectivity index (χ0) is 13.5. The number of rotatable bonds is 5. The van der Waals surface area contributed by atoms with E-state index in [0.717, 1.165) is 11.1 Å².